The number of fused-ring (bicyclic) bond motifs is 1. The third kappa shape index (κ3) is 2.45. The van der Waals surface area contributed by atoms with E-state index in [1.807, 2.05) is 18.2 Å². The molecule has 1 atom stereocenters. The Hall–Kier alpha value is -2.49. The summed E-state index contributed by atoms with van der Waals surface area (Å²) in [6.45, 7) is 1.96. The Morgan fingerprint density at radius 3 is 2.65 bits per heavy atom. The van der Waals surface area contributed by atoms with E-state index in [-0.39, 0.29) is 12.6 Å². The zero-order chi connectivity index (χ0) is 13.9. The number of benzene rings is 2. The molecule has 2 aromatic carbocycles. The quantitative estimate of drug-likeness (QED) is 0.801. The topological polar surface area (TPSA) is 44.8 Å². The van der Waals surface area contributed by atoms with Crippen molar-refractivity contribution in [3.63, 3.8) is 0 Å². The Labute approximate surface area is 116 Å². The van der Waals surface area contributed by atoms with E-state index < -0.39 is 6.10 Å². The number of hydrogen-bond donors (Lipinski definition) is 0. The van der Waals surface area contributed by atoms with Gasteiger partial charge in [-0.3, -0.25) is 4.79 Å². The van der Waals surface area contributed by atoms with Crippen molar-refractivity contribution in [2.24, 2.45) is 0 Å². The molecule has 1 heterocycles. The van der Waals surface area contributed by atoms with Crippen molar-refractivity contribution in [3.05, 3.63) is 54.1 Å². The first-order valence-corrected chi connectivity index (χ1v) is 6.39. The maximum absolute atomic E-state index is 12.2. The molecular weight excluding hydrogens is 256 g/mol. The summed E-state index contributed by atoms with van der Waals surface area (Å²) in [5.41, 5.74) is 0.640. The third-order valence-electron chi connectivity index (χ3n) is 3.08. The van der Waals surface area contributed by atoms with Crippen LogP contribution in [0.15, 0.2) is 48.5 Å². The normalized spacial score (nSPS) is 13.8. The van der Waals surface area contributed by atoms with E-state index in [0.29, 0.717) is 22.8 Å². The fourth-order valence-electron chi connectivity index (χ4n) is 2.04. The van der Waals surface area contributed by atoms with Gasteiger partial charge in [-0.25, -0.2) is 0 Å². The average Bonchev–Trinajstić information content (AvgIpc) is 2.95. The standard InChI is InChI=1S/C16H14O4/c1-11(16(17)12-5-3-2-4-6-12)20-13-7-8-14-15(9-13)19-10-18-14/h2-9,11H,10H2,1H3. The van der Waals surface area contributed by atoms with Gasteiger partial charge in [0.1, 0.15) is 5.75 Å². The van der Waals surface area contributed by atoms with Crippen LogP contribution in [0, 0.1) is 0 Å². The lowest BCUT2D eigenvalue weighted by Gasteiger charge is -2.14. The summed E-state index contributed by atoms with van der Waals surface area (Å²) >= 11 is 0. The Bertz CT molecular complexity index is 622. The van der Waals surface area contributed by atoms with Crippen LogP contribution in [0.25, 0.3) is 0 Å². The number of carbonyl (C=O) groups excluding carboxylic acids is 1. The molecule has 4 heteroatoms. The Balaban J connectivity index is 1.73. The van der Waals surface area contributed by atoms with Gasteiger partial charge in [0.25, 0.3) is 0 Å². The van der Waals surface area contributed by atoms with E-state index in [1.165, 1.54) is 0 Å². The lowest BCUT2D eigenvalue weighted by atomic mass is 10.1. The van der Waals surface area contributed by atoms with E-state index >= 15 is 0 Å². The molecule has 1 unspecified atom stereocenters. The minimum atomic E-state index is -0.558. The van der Waals surface area contributed by atoms with Crippen LogP contribution >= 0.6 is 0 Å². The third-order valence-corrected chi connectivity index (χ3v) is 3.08. The van der Waals surface area contributed by atoms with Gasteiger partial charge in [-0.2, -0.15) is 0 Å². The molecular formula is C16H14O4. The van der Waals surface area contributed by atoms with Crippen molar-refractivity contribution in [1.82, 2.24) is 0 Å². The van der Waals surface area contributed by atoms with Crippen LogP contribution in [-0.4, -0.2) is 18.7 Å². The van der Waals surface area contributed by atoms with Crippen LogP contribution in [0.1, 0.15) is 17.3 Å². The first-order chi connectivity index (χ1) is 9.74. The minimum absolute atomic E-state index is 0.0525. The molecule has 102 valence electrons. The van der Waals surface area contributed by atoms with Crippen molar-refractivity contribution >= 4 is 5.78 Å². The Morgan fingerprint density at radius 1 is 1.10 bits per heavy atom. The smallest absolute Gasteiger partial charge is 0.231 e. The van der Waals surface area contributed by atoms with Gasteiger partial charge in [-0.15, -0.1) is 0 Å². The van der Waals surface area contributed by atoms with Gasteiger partial charge < -0.3 is 14.2 Å². The van der Waals surface area contributed by atoms with E-state index in [0.717, 1.165) is 0 Å². The molecule has 2 aromatic rings. The number of carbonyl (C=O) groups is 1. The molecule has 0 saturated carbocycles. The van der Waals surface area contributed by atoms with Crippen LogP contribution in [0.2, 0.25) is 0 Å². The van der Waals surface area contributed by atoms with Gasteiger partial charge in [0.05, 0.1) is 0 Å². The second-order valence-electron chi connectivity index (χ2n) is 4.51. The second-order valence-corrected chi connectivity index (χ2v) is 4.51. The Morgan fingerprint density at radius 2 is 1.85 bits per heavy atom. The molecule has 0 aromatic heterocycles. The number of Topliss-reactive ketones (excluding diaryl/α,β-unsaturated/α-hetero) is 1. The van der Waals surface area contributed by atoms with E-state index in [9.17, 15) is 4.79 Å². The van der Waals surface area contributed by atoms with Crippen molar-refractivity contribution in [2.45, 2.75) is 13.0 Å². The fraction of sp³-hybridized carbons (Fsp3) is 0.188. The predicted octanol–water partition coefficient (Wildman–Crippen LogP) is 3.07. The summed E-state index contributed by atoms with van der Waals surface area (Å²) in [7, 11) is 0. The van der Waals surface area contributed by atoms with Gasteiger partial charge in [-0.05, 0) is 19.1 Å². The summed E-state index contributed by atoms with van der Waals surface area (Å²) in [6, 6.07) is 14.4. The van der Waals surface area contributed by atoms with Crippen LogP contribution < -0.4 is 14.2 Å². The highest BCUT2D eigenvalue weighted by atomic mass is 16.7. The van der Waals surface area contributed by atoms with Gasteiger partial charge >= 0.3 is 0 Å². The molecule has 0 fully saturated rings. The first kappa shape index (κ1) is 12.5. The van der Waals surface area contributed by atoms with Crippen molar-refractivity contribution in [1.29, 1.82) is 0 Å². The molecule has 0 saturated heterocycles. The lowest BCUT2D eigenvalue weighted by Crippen LogP contribution is -2.23. The summed E-state index contributed by atoms with van der Waals surface area (Å²) < 4.78 is 16.2. The van der Waals surface area contributed by atoms with E-state index in [4.69, 9.17) is 14.2 Å². The zero-order valence-corrected chi connectivity index (χ0v) is 11.0. The number of ether oxygens (including phenoxy) is 3. The highest BCUT2D eigenvalue weighted by Crippen LogP contribution is 2.35. The number of hydrogen-bond acceptors (Lipinski definition) is 4. The summed E-state index contributed by atoms with van der Waals surface area (Å²) in [4.78, 5) is 12.2. The Kier molecular flexibility index (Phi) is 3.29. The summed E-state index contributed by atoms with van der Waals surface area (Å²) in [6.07, 6.45) is -0.558. The van der Waals surface area contributed by atoms with Crippen molar-refractivity contribution < 1.29 is 19.0 Å². The summed E-state index contributed by atoms with van der Waals surface area (Å²) in [5.74, 6) is 1.87. The maximum atomic E-state index is 12.2. The molecule has 3 rings (SSSR count). The number of ketones is 1. The molecule has 0 radical (unpaired) electrons. The van der Waals surface area contributed by atoms with E-state index in [2.05, 4.69) is 0 Å². The summed E-state index contributed by atoms with van der Waals surface area (Å²) in [5, 5.41) is 0. The molecule has 0 aliphatic carbocycles. The molecule has 0 N–H and O–H groups in total. The lowest BCUT2D eigenvalue weighted by molar-refractivity contribution is 0.0817. The van der Waals surface area contributed by atoms with Crippen molar-refractivity contribution in [2.75, 3.05) is 6.79 Å². The first-order valence-electron chi connectivity index (χ1n) is 6.39. The van der Waals surface area contributed by atoms with Gasteiger partial charge in [0, 0.05) is 11.6 Å². The average molecular weight is 270 g/mol. The van der Waals surface area contributed by atoms with Gasteiger partial charge in [0.15, 0.2) is 17.6 Å². The monoisotopic (exact) mass is 270 g/mol. The highest BCUT2D eigenvalue weighted by molar-refractivity contribution is 5.99. The zero-order valence-electron chi connectivity index (χ0n) is 11.0. The minimum Gasteiger partial charge on any atom is -0.482 e. The predicted molar refractivity (Wildman–Crippen MR) is 73.4 cm³/mol. The second kappa shape index (κ2) is 5.25. The molecule has 1 aliphatic rings. The highest BCUT2D eigenvalue weighted by Gasteiger charge is 2.19. The maximum Gasteiger partial charge on any atom is 0.231 e. The fourth-order valence-corrected chi connectivity index (χ4v) is 2.04. The molecule has 0 bridgehead atoms. The van der Waals surface area contributed by atoms with Crippen LogP contribution in [0.3, 0.4) is 0 Å². The van der Waals surface area contributed by atoms with Gasteiger partial charge in [0.2, 0.25) is 12.6 Å². The van der Waals surface area contributed by atoms with Crippen molar-refractivity contribution in [3.8, 4) is 17.2 Å². The van der Waals surface area contributed by atoms with Crippen LogP contribution in [0.5, 0.6) is 17.2 Å². The van der Waals surface area contributed by atoms with Crippen LogP contribution in [-0.2, 0) is 0 Å². The molecule has 20 heavy (non-hydrogen) atoms. The number of rotatable bonds is 4. The SMILES string of the molecule is CC(Oc1ccc2c(c1)OCO2)C(=O)c1ccccc1. The van der Waals surface area contributed by atoms with Gasteiger partial charge in [-0.1, -0.05) is 30.3 Å². The largest absolute Gasteiger partial charge is 0.482 e. The molecule has 0 amide bonds. The van der Waals surface area contributed by atoms with Crippen LogP contribution in [0.4, 0.5) is 0 Å². The molecule has 1 aliphatic heterocycles. The molecule has 4 nitrogen and oxygen atoms in total. The van der Waals surface area contributed by atoms with E-state index in [1.54, 1.807) is 37.3 Å². The molecule has 0 spiro atoms.